The Morgan fingerprint density at radius 3 is 0.881 bits per heavy atom. The van der Waals surface area contributed by atoms with Crippen LogP contribution in [0.25, 0.3) is 0 Å². The lowest BCUT2D eigenvalue weighted by atomic mass is 9.78. The summed E-state index contributed by atoms with van der Waals surface area (Å²) in [5.41, 5.74) is 1.57. The Morgan fingerprint density at radius 1 is 0.356 bits per heavy atom. The summed E-state index contributed by atoms with van der Waals surface area (Å²) in [7, 11) is -8.04. The first-order valence-corrected chi connectivity index (χ1v) is 23.3. The maximum Gasteiger partial charge on any atom is 0.474 e. The van der Waals surface area contributed by atoms with Crippen molar-refractivity contribution in [3.63, 3.8) is 0 Å². The fourth-order valence-corrected chi connectivity index (χ4v) is 11.3. The van der Waals surface area contributed by atoms with Gasteiger partial charge in [0.2, 0.25) is 10.7 Å². The van der Waals surface area contributed by atoms with E-state index in [9.17, 15) is 0 Å². The van der Waals surface area contributed by atoms with E-state index in [4.69, 9.17) is 27.6 Å². The fraction of sp³-hybridized carbons (Fsp3) is 0.265. The number of para-hydroxylation sites is 4. The van der Waals surface area contributed by atoms with Crippen LogP contribution in [0.2, 0.25) is 0 Å². The van der Waals surface area contributed by atoms with E-state index in [1.807, 2.05) is 161 Å². The Morgan fingerprint density at radius 2 is 0.593 bits per heavy atom. The molecule has 0 saturated carbocycles. The van der Waals surface area contributed by atoms with Crippen molar-refractivity contribution in [2.75, 3.05) is 0 Å². The number of hydrogen-bond donors (Lipinski definition) is 0. The lowest BCUT2D eigenvalue weighted by molar-refractivity contribution is 0.113. The lowest BCUT2D eigenvalue weighted by Gasteiger charge is -2.38. The van der Waals surface area contributed by atoms with Crippen molar-refractivity contribution in [2.24, 2.45) is 0 Å². The molecule has 6 rings (SSSR count). The molecule has 0 radical (unpaired) electrons. The SMILES string of the molecule is CCC(CC)(Oc1ccc(C(C)(C)c2ccc(OP(=O)(Oc3ccccc3)C(CC)(CC)Oc3ccccc3)cc2)cc1)P(=O)(Oc1ccccc1)Oc1ccccc1. The first-order chi connectivity index (χ1) is 28.4. The normalized spacial score (nSPS) is 13.1. The molecule has 1 unspecified atom stereocenters. The average Bonchev–Trinajstić information content (AvgIpc) is 3.26. The van der Waals surface area contributed by atoms with Gasteiger partial charge in [0, 0.05) is 5.41 Å². The van der Waals surface area contributed by atoms with Crippen LogP contribution in [0.15, 0.2) is 170 Å². The summed E-state index contributed by atoms with van der Waals surface area (Å²) < 4.78 is 68.6. The summed E-state index contributed by atoms with van der Waals surface area (Å²) in [6, 6.07) is 51.9. The van der Waals surface area contributed by atoms with Crippen molar-refractivity contribution < 1.29 is 36.7 Å². The van der Waals surface area contributed by atoms with Gasteiger partial charge in [-0.3, -0.25) is 0 Å². The molecule has 1 atom stereocenters. The Labute approximate surface area is 349 Å². The van der Waals surface area contributed by atoms with Gasteiger partial charge in [-0.05, 0) is 110 Å². The molecule has 10 heteroatoms. The average molecular weight is 833 g/mol. The molecule has 6 aromatic rings. The van der Waals surface area contributed by atoms with Crippen molar-refractivity contribution in [1.82, 2.24) is 0 Å². The monoisotopic (exact) mass is 832 g/mol. The van der Waals surface area contributed by atoms with Crippen molar-refractivity contribution in [3.8, 4) is 34.5 Å². The van der Waals surface area contributed by atoms with Crippen molar-refractivity contribution in [2.45, 2.75) is 83.3 Å². The van der Waals surface area contributed by atoms with E-state index in [1.54, 1.807) is 36.4 Å². The molecule has 0 fully saturated rings. The van der Waals surface area contributed by atoms with Crippen molar-refractivity contribution in [1.29, 1.82) is 0 Å². The minimum Gasteiger partial charge on any atom is -0.472 e. The quantitative estimate of drug-likeness (QED) is 0.0703. The summed E-state index contributed by atoms with van der Waals surface area (Å²) in [5.74, 6) is 2.79. The van der Waals surface area contributed by atoms with E-state index >= 15 is 9.13 Å². The highest BCUT2D eigenvalue weighted by Gasteiger charge is 2.55. The van der Waals surface area contributed by atoms with Gasteiger partial charge < -0.3 is 27.6 Å². The third-order valence-electron chi connectivity index (χ3n) is 10.9. The molecule has 8 nitrogen and oxygen atoms in total. The largest absolute Gasteiger partial charge is 0.474 e. The topological polar surface area (TPSA) is 89.5 Å². The molecule has 0 aromatic heterocycles. The predicted molar refractivity (Wildman–Crippen MR) is 236 cm³/mol. The van der Waals surface area contributed by atoms with E-state index in [2.05, 4.69) is 13.8 Å². The van der Waals surface area contributed by atoms with Gasteiger partial charge in [-0.15, -0.1) is 0 Å². The van der Waals surface area contributed by atoms with E-state index in [0.717, 1.165) is 11.1 Å². The third-order valence-corrected chi connectivity index (χ3v) is 16.1. The van der Waals surface area contributed by atoms with Gasteiger partial charge in [0.1, 0.15) is 34.5 Å². The van der Waals surface area contributed by atoms with Gasteiger partial charge in [-0.2, -0.15) is 0 Å². The second kappa shape index (κ2) is 18.7. The highest BCUT2D eigenvalue weighted by Crippen LogP contribution is 2.64. The zero-order chi connectivity index (χ0) is 42.0. The molecule has 0 aliphatic rings. The molecule has 308 valence electrons. The highest BCUT2D eigenvalue weighted by atomic mass is 31.2. The standard InChI is InChI=1S/C49H54O8P2/c1-7-48(8-2,52-41-23-15-11-16-24-41)59(51,56-45-29-21-14-22-30-45)57-46-37-33-40(34-38-46)47(5,6)39-31-35-42(36-32-39)53-49(9-3,10-4)58(50,54-43-25-17-12-18-26-43)55-44-27-19-13-20-28-44/h11-38H,7-10H2,1-6H3. The van der Waals surface area contributed by atoms with Gasteiger partial charge in [0.05, 0.1) is 0 Å². The molecule has 0 spiro atoms. The highest BCUT2D eigenvalue weighted by molar-refractivity contribution is 7.56. The summed E-state index contributed by atoms with van der Waals surface area (Å²) in [6.45, 7) is 12.0. The molecule has 0 aliphatic heterocycles. The van der Waals surface area contributed by atoms with Crippen LogP contribution in [-0.4, -0.2) is 10.7 Å². The second-order valence-electron chi connectivity index (χ2n) is 14.8. The molecular formula is C49H54O8P2. The number of benzene rings is 6. The Bertz CT molecular complexity index is 2250. The smallest absolute Gasteiger partial charge is 0.472 e. The van der Waals surface area contributed by atoms with Crippen molar-refractivity contribution >= 4 is 15.2 Å². The molecule has 6 aromatic carbocycles. The predicted octanol–water partition coefficient (Wildman–Crippen LogP) is 14.5. The summed E-state index contributed by atoms with van der Waals surface area (Å²) >= 11 is 0. The van der Waals surface area contributed by atoms with Gasteiger partial charge in [0.15, 0.2) is 0 Å². The third kappa shape index (κ3) is 9.57. The van der Waals surface area contributed by atoms with Crippen LogP contribution in [0.5, 0.6) is 34.5 Å². The number of rotatable bonds is 20. The van der Waals surface area contributed by atoms with Gasteiger partial charge >= 0.3 is 15.2 Å². The van der Waals surface area contributed by atoms with Gasteiger partial charge in [0.25, 0.3) is 0 Å². The zero-order valence-electron chi connectivity index (χ0n) is 34.7. The van der Waals surface area contributed by atoms with Crippen LogP contribution in [0.1, 0.15) is 78.4 Å². The minimum atomic E-state index is -4.04. The van der Waals surface area contributed by atoms with Crippen LogP contribution in [0, 0.1) is 0 Å². The second-order valence-corrected chi connectivity index (χ2v) is 19.1. The van der Waals surface area contributed by atoms with Crippen LogP contribution in [-0.2, 0) is 14.5 Å². The van der Waals surface area contributed by atoms with Gasteiger partial charge in [-0.1, -0.05) is 139 Å². The molecule has 0 amide bonds. The fourth-order valence-electron chi connectivity index (χ4n) is 7.01. The van der Waals surface area contributed by atoms with Crippen LogP contribution < -0.4 is 27.6 Å². The Kier molecular flexibility index (Phi) is 13.7. The van der Waals surface area contributed by atoms with Gasteiger partial charge in [-0.25, -0.2) is 9.13 Å². The Balaban J connectivity index is 1.25. The summed E-state index contributed by atoms with van der Waals surface area (Å²) in [5, 5.41) is -2.57. The zero-order valence-corrected chi connectivity index (χ0v) is 36.4. The summed E-state index contributed by atoms with van der Waals surface area (Å²) in [4.78, 5) is 0. The first kappa shape index (κ1) is 43.2. The lowest BCUT2D eigenvalue weighted by Crippen LogP contribution is -2.38. The molecule has 0 aliphatic carbocycles. The summed E-state index contributed by atoms with van der Waals surface area (Å²) in [6.07, 6.45) is 1.48. The maximum absolute atomic E-state index is 15.1. The number of ether oxygens (including phenoxy) is 2. The van der Waals surface area contributed by atoms with Crippen molar-refractivity contribution in [3.05, 3.63) is 181 Å². The van der Waals surface area contributed by atoms with E-state index in [-0.39, 0.29) is 0 Å². The van der Waals surface area contributed by atoms with E-state index in [1.165, 1.54) is 0 Å². The van der Waals surface area contributed by atoms with E-state index in [0.29, 0.717) is 60.2 Å². The molecule has 0 bridgehead atoms. The molecular weight excluding hydrogens is 778 g/mol. The van der Waals surface area contributed by atoms with Crippen LogP contribution >= 0.6 is 15.2 Å². The maximum atomic E-state index is 15.1. The first-order valence-electron chi connectivity index (χ1n) is 20.2. The van der Waals surface area contributed by atoms with Crippen LogP contribution in [0.3, 0.4) is 0 Å². The molecule has 0 saturated heterocycles. The molecule has 59 heavy (non-hydrogen) atoms. The Hall–Kier alpha value is -5.42. The number of hydrogen-bond acceptors (Lipinski definition) is 8. The minimum absolute atomic E-state index is 0.363. The molecule has 0 heterocycles. The van der Waals surface area contributed by atoms with E-state index < -0.39 is 31.3 Å². The van der Waals surface area contributed by atoms with Crippen LogP contribution in [0.4, 0.5) is 0 Å². The molecule has 0 N–H and O–H groups in total.